The standard InChI is InChI=1S/C20H22F3N5.HI/c1-24-19(25-12-11-18-26-16-5-3-4-6-17(16)27-18)28(2)13-14-7-9-15(10-8-14)20(21,22)23;/h3-10H,11-13H2,1-2H3,(H,24,25)(H,26,27);1H. The molecule has 0 bridgehead atoms. The normalized spacial score (nSPS) is 12.0. The Morgan fingerprint density at radius 2 is 1.83 bits per heavy atom. The monoisotopic (exact) mass is 517 g/mol. The van der Waals surface area contributed by atoms with E-state index in [0.717, 1.165) is 34.6 Å². The first-order valence-corrected chi connectivity index (χ1v) is 8.88. The third kappa shape index (κ3) is 6.09. The number of hydrogen-bond acceptors (Lipinski definition) is 2. The third-order valence-corrected chi connectivity index (χ3v) is 4.36. The average molecular weight is 517 g/mol. The zero-order valence-corrected chi connectivity index (χ0v) is 18.5. The molecule has 3 rings (SSSR count). The van der Waals surface area contributed by atoms with E-state index in [9.17, 15) is 13.2 Å². The summed E-state index contributed by atoms with van der Waals surface area (Å²) in [6.45, 7) is 1.08. The van der Waals surface area contributed by atoms with Gasteiger partial charge in [-0.1, -0.05) is 24.3 Å². The van der Waals surface area contributed by atoms with E-state index in [-0.39, 0.29) is 24.0 Å². The summed E-state index contributed by atoms with van der Waals surface area (Å²) in [4.78, 5) is 13.9. The number of guanidine groups is 1. The molecule has 3 aromatic rings. The van der Waals surface area contributed by atoms with Crippen molar-refractivity contribution < 1.29 is 13.2 Å². The summed E-state index contributed by atoms with van der Waals surface area (Å²) in [5.74, 6) is 1.55. The van der Waals surface area contributed by atoms with Crippen LogP contribution in [0.15, 0.2) is 53.5 Å². The van der Waals surface area contributed by atoms with Crippen molar-refractivity contribution in [3.63, 3.8) is 0 Å². The van der Waals surface area contributed by atoms with Crippen LogP contribution in [-0.4, -0.2) is 41.5 Å². The molecule has 2 N–H and O–H groups in total. The molecule has 156 valence electrons. The molecule has 2 aromatic carbocycles. The first kappa shape index (κ1) is 23.0. The van der Waals surface area contributed by atoms with Gasteiger partial charge in [0.05, 0.1) is 16.6 Å². The summed E-state index contributed by atoms with van der Waals surface area (Å²) >= 11 is 0. The Bertz CT molecular complexity index is 918. The molecule has 0 aliphatic rings. The fraction of sp³-hybridized carbons (Fsp3) is 0.300. The van der Waals surface area contributed by atoms with Crippen LogP contribution in [0.25, 0.3) is 11.0 Å². The third-order valence-electron chi connectivity index (χ3n) is 4.36. The highest BCUT2D eigenvalue weighted by atomic mass is 127. The summed E-state index contributed by atoms with van der Waals surface area (Å²) in [6.07, 6.45) is -3.62. The maximum atomic E-state index is 12.7. The summed E-state index contributed by atoms with van der Waals surface area (Å²) in [7, 11) is 3.51. The van der Waals surface area contributed by atoms with Crippen molar-refractivity contribution in [2.24, 2.45) is 4.99 Å². The number of fused-ring (bicyclic) bond motifs is 1. The molecule has 0 spiro atoms. The molecule has 0 saturated heterocycles. The molecule has 0 aliphatic carbocycles. The fourth-order valence-corrected chi connectivity index (χ4v) is 2.95. The van der Waals surface area contributed by atoms with Crippen molar-refractivity contribution in [2.75, 3.05) is 20.6 Å². The second-order valence-electron chi connectivity index (χ2n) is 6.48. The largest absolute Gasteiger partial charge is 0.416 e. The topological polar surface area (TPSA) is 56.3 Å². The highest BCUT2D eigenvalue weighted by Gasteiger charge is 2.29. The van der Waals surface area contributed by atoms with E-state index in [1.807, 2.05) is 36.2 Å². The number of aromatic amines is 1. The first-order valence-electron chi connectivity index (χ1n) is 8.88. The van der Waals surface area contributed by atoms with Crippen molar-refractivity contribution in [1.29, 1.82) is 0 Å². The molecule has 0 aliphatic heterocycles. The van der Waals surface area contributed by atoms with Crippen molar-refractivity contribution in [3.8, 4) is 0 Å². The quantitative estimate of drug-likeness (QED) is 0.299. The highest BCUT2D eigenvalue weighted by molar-refractivity contribution is 14.0. The number of alkyl halides is 3. The Labute approximate surface area is 184 Å². The number of imidazole rings is 1. The molecule has 0 amide bonds. The number of aliphatic imine (C=N–C) groups is 1. The Morgan fingerprint density at radius 3 is 2.45 bits per heavy atom. The molecular formula is C20H23F3IN5. The van der Waals surface area contributed by atoms with Gasteiger partial charge in [0.25, 0.3) is 0 Å². The average Bonchev–Trinajstić information content (AvgIpc) is 3.07. The van der Waals surface area contributed by atoms with Crippen LogP contribution in [-0.2, 0) is 19.1 Å². The minimum absolute atomic E-state index is 0. The second kappa shape index (κ2) is 9.95. The zero-order valence-electron chi connectivity index (χ0n) is 16.1. The van der Waals surface area contributed by atoms with Gasteiger partial charge in [-0.3, -0.25) is 4.99 Å². The molecular weight excluding hydrogens is 494 g/mol. The number of benzene rings is 2. The van der Waals surface area contributed by atoms with Gasteiger partial charge in [-0.25, -0.2) is 4.98 Å². The Morgan fingerprint density at radius 1 is 1.14 bits per heavy atom. The number of H-pyrrole nitrogens is 1. The van der Waals surface area contributed by atoms with Gasteiger partial charge in [0.1, 0.15) is 5.82 Å². The molecule has 1 heterocycles. The van der Waals surface area contributed by atoms with Gasteiger partial charge in [-0.15, -0.1) is 24.0 Å². The number of nitrogens with one attached hydrogen (secondary N) is 2. The molecule has 9 heteroatoms. The Hall–Kier alpha value is -2.30. The van der Waals surface area contributed by atoms with E-state index >= 15 is 0 Å². The number of para-hydroxylation sites is 2. The van der Waals surface area contributed by atoms with Crippen molar-refractivity contribution in [2.45, 2.75) is 19.1 Å². The van der Waals surface area contributed by atoms with Crippen LogP contribution < -0.4 is 5.32 Å². The molecule has 0 radical (unpaired) electrons. The summed E-state index contributed by atoms with van der Waals surface area (Å²) in [6, 6.07) is 13.0. The van der Waals surface area contributed by atoms with E-state index < -0.39 is 11.7 Å². The molecule has 0 saturated carbocycles. The van der Waals surface area contributed by atoms with Gasteiger partial charge in [0.15, 0.2) is 5.96 Å². The van der Waals surface area contributed by atoms with Gasteiger partial charge in [0, 0.05) is 33.6 Å². The molecule has 0 atom stereocenters. The van der Waals surface area contributed by atoms with Crippen LogP contribution in [0.2, 0.25) is 0 Å². The predicted molar refractivity (Wildman–Crippen MR) is 119 cm³/mol. The minimum Gasteiger partial charge on any atom is -0.356 e. The van der Waals surface area contributed by atoms with Gasteiger partial charge in [-0.2, -0.15) is 13.2 Å². The second-order valence-corrected chi connectivity index (χ2v) is 6.48. The lowest BCUT2D eigenvalue weighted by atomic mass is 10.1. The minimum atomic E-state index is -4.32. The predicted octanol–water partition coefficient (Wildman–Crippen LogP) is 4.45. The zero-order chi connectivity index (χ0) is 20.1. The number of rotatable bonds is 5. The van der Waals surface area contributed by atoms with E-state index in [2.05, 4.69) is 20.3 Å². The van der Waals surface area contributed by atoms with Crippen molar-refractivity contribution >= 4 is 41.0 Å². The summed E-state index contributed by atoms with van der Waals surface area (Å²) in [5.41, 5.74) is 2.06. The van der Waals surface area contributed by atoms with Crippen LogP contribution in [0, 0.1) is 0 Å². The van der Waals surface area contributed by atoms with Gasteiger partial charge >= 0.3 is 6.18 Å². The Balaban J connectivity index is 0.00000300. The lowest BCUT2D eigenvalue weighted by Gasteiger charge is -2.22. The van der Waals surface area contributed by atoms with Gasteiger partial charge in [0.2, 0.25) is 0 Å². The summed E-state index contributed by atoms with van der Waals surface area (Å²) < 4.78 is 38.0. The van der Waals surface area contributed by atoms with E-state index in [1.165, 1.54) is 12.1 Å². The van der Waals surface area contributed by atoms with Crippen molar-refractivity contribution in [1.82, 2.24) is 20.2 Å². The number of hydrogen-bond donors (Lipinski definition) is 2. The maximum absolute atomic E-state index is 12.7. The van der Waals surface area contributed by atoms with Gasteiger partial charge < -0.3 is 15.2 Å². The van der Waals surface area contributed by atoms with E-state index in [4.69, 9.17) is 0 Å². The van der Waals surface area contributed by atoms with Crippen LogP contribution in [0.4, 0.5) is 13.2 Å². The van der Waals surface area contributed by atoms with Crippen LogP contribution in [0.5, 0.6) is 0 Å². The fourth-order valence-electron chi connectivity index (χ4n) is 2.95. The smallest absolute Gasteiger partial charge is 0.356 e. The number of halogens is 4. The lowest BCUT2D eigenvalue weighted by molar-refractivity contribution is -0.137. The number of aromatic nitrogens is 2. The maximum Gasteiger partial charge on any atom is 0.416 e. The lowest BCUT2D eigenvalue weighted by Crippen LogP contribution is -2.39. The SMILES string of the molecule is CN=C(NCCc1nc2ccccc2[nH]1)N(C)Cc1ccc(C(F)(F)F)cc1.I. The van der Waals surface area contributed by atoms with E-state index in [1.54, 1.807) is 7.05 Å². The van der Waals surface area contributed by atoms with Crippen LogP contribution in [0.3, 0.4) is 0 Å². The number of nitrogens with zero attached hydrogens (tertiary/aromatic N) is 3. The molecule has 0 unspecified atom stereocenters. The van der Waals surface area contributed by atoms with Crippen LogP contribution >= 0.6 is 24.0 Å². The van der Waals surface area contributed by atoms with Gasteiger partial charge in [-0.05, 0) is 29.8 Å². The molecule has 1 aromatic heterocycles. The summed E-state index contributed by atoms with van der Waals surface area (Å²) in [5, 5.41) is 3.25. The first-order chi connectivity index (χ1) is 13.4. The highest BCUT2D eigenvalue weighted by Crippen LogP contribution is 2.29. The molecule has 0 fully saturated rings. The van der Waals surface area contributed by atoms with Crippen molar-refractivity contribution in [3.05, 3.63) is 65.5 Å². The molecule has 29 heavy (non-hydrogen) atoms. The van der Waals surface area contributed by atoms with Crippen LogP contribution in [0.1, 0.15) is 17.0 Å². The molecule has 5 nitrogen and oxygen atoms in total. The van der Waals surface area contributed by atoms with E-state index in [0.29, 0.717) is 25.5 Å². The Kier molecular flexibility index (Phi) is 7.88.